The second-order valence-corrected chi connectivity index (χ2v) is 4.44. The summed E-state index contributed by atoms with van der Waals surface area (Å²) < 4.78 is 18.8. The number of halogens is 1. The van der Waals surface area contributed by atoms with E-state index in [2.05, 4.69) is 0 Å². The summed E-state index contributed by atoms with van der Waals surface area (Å²) in [6.07, 6.45) is 0. The van der Waals surface area contributed by atoms with Crippen LogP contribution < -0.4 is 4.74 Å². The molecule has 3 aromatic rings. The lowest BCUT2D eigenvalue weighted by Gasteiger charge is -2.09. The standard InChI is InChI=1S/C16H10FNO3/c17-11-4-3-5-12(10-11)21-16-9-8-15(18(19)20)13-6-1-2-7-14(13)16/h1-10H. The van der Waals surface area contributed by atoms with Gasteiger partial charge in [0, 0.05) is 17.5 Å². The SMILES string of the molecule is O=[N+]([O-])c1ccc(Oc2cccc(F)c2)c2ccccc12. The van der Waals surface area contributed by atoms with Crippen molar-refractivity contribution in [2.24, 2.45) is 0 Å². The van der Waals surface area contributed by atoms with Crippen LogP contribution in [0.15, 0.2) is 60.7 Å². The Labute approximate surface area is 119 Å². The number of rotatable bonds is 3. The fourth-order valence-corrected chi connectivity index (χ4v) is 2.16. The predicted molar refractivity (Wildman–Crippen MR) is 77.1 cm³/mol. The highest BCUT2D eigenvalue weighted by Crippen LogP contribution is 2.35. The van der Waals surface area contributed by atoms with Gasteiger partial charge in [0.25, 0.3) is 5.69 Å². The molecule has 0 N–H and O–H groups in total. The molecule has 0 aliphatic carbocycles. The van der Waals surface area contributed by atoms with E-state index in [1.807, 2.05) is 0 Å². The number of fused-ring (bicyclic) bond motifs is 1. The van der Waals surface area contributed by atoms with Crippen LogP contribution in [-0.4, -0.2) is 4.92 Å². The van der Waals surface area contributed by atoms with Gasteiger partial charge in [0.2, 0.25) is 0 Å². The van der Waals surface area contributed by atoms with E-state index in [1.54, 1.807) is 30.3 Å². The molecule has 0 spiro atoms. The van der Waals surface area contributed by atoms with Crippen molar-refractivity contribution in [3.05, 3.63) is 76.6 Å². The third kappa shape index (κ3) is 2.53. The number of hydrogen-bond acceptors (Lipinski definition) is 3. The van der Waals surface area contributed by atoms with Crippen LogP contribution in [0.25, 0.3) is 10.8 Å². The van der Waals surface area contributed by atoms with Crippen molar-refractivity contribution in [3.8, 4) is 11.5 Å². The molecule has 104 valence electrons. The number of ether oxygens (including phenoxy) is 1. The highest BCUT2D eigenvalue weighted by atomic mass is 19.1. The van der Waals surface area contributed by atoms with E-state index in [1.165, 1.54) is 30.3 Å². The molecule has 0 amide bonds. The van der Waals surface area contributed by atoms with Crippen LogP contribution in [-0.2, 0) is 0 Å². The van der Waals surface area contributed by atoms with E-state index in [9.17, 15) is 14.5 Å². The van der Waals surface area contributed by atoms with Crippen LogP contribution >= 0.6 is 0 Å². The first-order valence-corrected chi connectivity index (χ1v) is 6.25. The number of non-ortho nitro benzene ring substituents is 1. The van der Waals surface area contributed by atoms with Crippen molar-refractivity contribution in [3.63, 3.8) is 0 Å². The molecule has 0 aliphatic rings. The summed E-state index contributed by atoms with van der Waals surface area (Å²) in [5, 5.41) is 12.1. The van der Waals surface area contributed by atoms with Crippen LogP contribution in [0.1, 0.15) is 0 Å². The second kappa shape index (κ2) is 5.20. The van der Waals surface area contributed by atoms with Gasteiger partial charge in [-0.3, -0.25) is 10.1 Å². The van der Waals surface area contributed by atoms with Crippen LogP contribution in [0, 0.1) is 15.9 Å². The fraction of sp³-hybridized carbons (Fsp3) is 0. The Hall–Kier alpha value is -2.95. The van der Waals surface area contributed by atoms with Crippen molar-refractivity contribution in [2.75, 3.05) is 0 Å². The Morgan fingerprint density at radius 1 is 0.952 bits per heavy atom. The molecule has 0 heterocycles. The lowest BCUT2D eigenvalue weighted by atomic mass is 10.1. The second-order valence-electron chi connectivity index (χ2n) is 4.44. The van der Waals surface area contributed by atoms with Crippen molar-refractivity contribution in [1.82, 2.24) is 0 Å². The summed E-state index contributed by atoms with van der Waals surface area (Å²) in [6.45, 7) is 0. The first-order valence-electron chi connectivity index (χ1n) is 6.25. The quantitative estimate of drug-likeness (QED) is 0.518. The Morgan fingerprint density at radius 2 is 1.71 bits per heavy atom. The summed E-state index contributed by atoms with van der Waals surface area (Å²) in [4.78, 5) is 10.6. The summed E-state index contributed by atoms with van der Waals surface area (Å²) in [5.74, 6) is 0.384. The summed E-state index contributed by atoms with van der Waals surface area (Å²) in [6, 6.07) is 15.5. The number of hydrogen-bond donors (Lipinski definition) is 0. The average molecular weight is 283 g/mol. The minimum absolute atomic E-state index is 0.0113. The molecular weight excluding hydrogens is 273 g/mol. The molecule has 0 aromatic heterocycles. The van der Waals surface area contributed by atoms with E-state index in [0.29, 0.717) is 22.3 Å². The fourth-order valence-electron chi connectivity index (χ4n) is 2.16. The van der Waals surface area contributed by atoms with Gasteiger partial charge in [-0.15, -0.1) is 0 Å². The molecule has 0 unspecified atom stereocenters. The normalized spacial score (nSPS) is 10.5. The minimum atomic E-state index is -0.436. The number of nitro benzene ring substituents is 1. The van der Waals surface area contributed by atoms with E-state index < -0.39 is 10.7 Å². The maximum atomic E-state index is 13.2. The molecule has 4 nitrogen and oxygen atoms in total. The van der Waals surface area contributed by atoms with Crippen molar-refractivity contribution < 1.29 is 14.1 Å². The van der Waals surface area contributed by atoms with Gasteiger partial charge in [-0.25, -0.2) is 4.39 Å². The maximum Gasteiger partial charge on any atom is 0.277 e. The molecule has 0 atom stereocenters. The largest absolute Gasteiger partial charge is 0.457 e. The molecular formula is C16H10FNO3. The third-order valence-electron chi connectivity index (χ3n) is 3.08. The first kappa shape index (κ1) is 13.1. The highest BCUT2D eigenvalue weighted by molar-refractivity contribution is 5.95. The van der Waals surface area contributed by atoms with Gasteiger partial charge < -0.3 is 4.74 Å². The molecule has 21 heavy (non-hydrogen) atoms. The zero-order valence-electron chi connectivity index (χ0n) is 10.8. The average Bonchev–Trinajstić information content (AvgIpc) is 2.47. The highest BCUT2D eigenvalue weighted by Gasteiger charge is 2.14. The Morgan fingerprint density at radius 3 is 2.43 bits per heavy atom. The van der Waals surface area contributed by atoms with Crippen LogP contribution in [0.5, 0.6) is 11.5 Å². The van der Waals surface area contributed by atoms with Crippen LogP contribution in [0.2, 0.25) is 0 Å². The van der Waals surface area contributed by atoms with E-state index >= 15 is 0 Å². The summed E-state index contributed by atoms with van der Waals surface area (Å²) >= 11 is 0. The van der Waals surface area contributed by atoms with Gasteiger partial charge in [0.15, 0.2) is 0 Å². The topological polar surface area (TPSA) is 52.4 Å². The molecule has 0 fully saturated rings. The van der Waals surface area contributed by atoms with E-state index in [0.717, 1.165) is 0 Å². The monoisotopic (exact) mass is 283 g/mol. The number of benzene rings is 3. The summed E-state index contributed by atoms with van der Waals surface area (Å²) in [5.41, 5.74) is 0.0113. The molecule has 0 saturated carbocycles. The van der Waals surface area contributed by atoms with Crippen molar-refractivity contribution in [2.45, 2.75) is 0 Å². The first-order chi connectivity index (χ1) is 10.1. The van der Waals surface area contributed by atoms with Gasteiger partial charge in [0.05, 0.1) is 10.3 Å². The lowest BCUT2D eigenvalue weighted by Crippen LogP contribution is -1.92. The third-order valence-corrected chi connectivity index (χ3v) is 3.08. The van der Waals surface area contributed by atoms with Gasteiger partial charge in [-0.1, -0.05) is 24.3 Å². The summed E-state index contributed by atoms with van der Waals surface area (Å²) in [7, 11) is 0. The van der Waals surface area contributed by atoms with Crippen LogP contribution in [0.3, 0.4) is 0 Å². The van der Waals surface area contributed by atoms with E-state index in [4.69, 9.17) is 4.74 Å². The van der Waals surface area contributed by atoms with Crippen LogP contribution in [0.4, 0.5) is 10.1 Å². The maximum absolute atomic E-state index is 13.2. The lowest BCUT2D eigenvalue weighted by molar-refractivity contribution is -0.383. The Balaban J connectivity index is 2.12. The van der Waals surface area contributed by atoms with Gasteiger partial charge in [0.1, 0.15) is 17.3 Å². The molecule has 0 aliphatic heterocycles. The molecule has 5 heteroatoms. The van der Waals surface area contributed by atoms with Crippen molar-refractivity contribution >= 4 is 16.5 Å². The minimum Gasteiger partial charge on any atom is -0.457 e. The van der Waals surface area contributed by atoms with Gasteiger partial charge in [-0.05, 0) is 24.3 Å². The number of nitrogens with zero attached hydrogens (tertiary/aromatic N) is 1. The molecule has 3 aromatic carbocycles. The molecule has 0 radical (unpaired) electrons. The Kier molecular flexibility index (Phi) is 3.23. The Bertz CT molecular complexity index is 833. The molecule has 3 rings (SSSR count). The number of nitro groups is 1. The zero-order chi connectivity index (χ0) is 14.8. The van der Waals surface area contributed by atoms with Gasteiger partial charge in [-0.2, -0.15) is 0 Å². The van der Waals surface area contributed by atoms with E-state index in [-0.39, 0.29) is 5.69 Å². The van der Waals surface area contributed by atoms with Gasteiger partial charge >= 0.3 is 0 Å². The molecule has 0 bridgehead atoms. The smallest absolute Gasteiger partial charge is 0.277 e. The predicted octanol–water partition coefficient (Wildman–Crippen LogP) is 4.68. The molecule has 0 saturated heterocycles. The van der Waals surface area contributed by atoms with Crippen molar-refractivity contribution in [1.29, 1.82) is 0 Å². The zero-order valence-corrected chi connectivity index (χ0v) is 10.8.